The molecule has 0 bridgehead atoms. The summed E-state index contributed by atoms with van der Waals surface area (Å²) >= 11 is 1.27. The lowest BCUT2D eigenvalue weighted by molar-refractivity contribution is 0.625. The van der Waals surface area contributed by atoms with Crippen molar-refractivity contribution in [3.8, 4) is 6.07 Å². The zero-order valence-electron chi connectivity index (χ0n) is 6.25. The van der Waals surface area contributed by atoms with Crippen LogP contribution in [0.2, 0.25) is 0 Å². The molecule has 1 aromatic carbocycles. The minimum atomic E-state index is -0.365. The third-order valence-electron chi connectivity index (χ3n) is 1.20. The van der Waals surface area contributed by atoms with Gasteiger partial charge in [-0.3, -0.25) is 0 Å². The quantitative estimate of drug-likeness (QED) is 0.562. The third-order valence-corrected chi connectivity index (χ3v) is 2.04. The van der Waals surface area contributed by atoms with Crippen molar-refractivity contribution in [3.63, 3.8) is 0 Å². The molecular weight excluding hydrogens is 175 g/mol. The fourth-order valence-corrected chi connectivity index (χ4v) is 1.43. The highest BCUT2D eigenvalue weighted by atomic mass is 32.2. The van der Waals surface area contributed by atoms with Gasteiger partial charge in [-0.2, -0.15) is 5.26 Å². The molecule has 0 atom stereocenters. The Kier molecular flexibility index (Phi) is 2.94. The van der Waals surface area contributed by atoms with Crippen LogP contribution in [0.25, 0.3) is 0 Å². The van der Waals surface area contributed by atoms with E-state index in [9.17, 15) is 4.39 Å². The van der Waals surface area contributed by atoms with Gasteiger partial charge in [-0.15, -0.1) is 11.8 Å². The van der Waals surface area contributed by atoms with Crippen LogP contribution in [0.15, 0.2) is 23.1 Å². The summed E-state index contributed by atoms with van der Waals surface area (Å²) in [4.78, 5) is 0.689. The van der Waals surface area contributed by atoms with Crippen molar-refractivity contribution in [1.82, 2.24) is 0 Å². The van der Waals surface area contributed by atoms with Crippen molar-refractivity contribution in [2.24, 2.45) is 0 Å². The van der Waals surface area contributed by atoms with Crippen LogP contribution in [0.3, 0.4) is 0 Å². The molecule has 0 aliphatic heterocycles. The molecule has 0 fully saturated rings. The average molecular weight is 182 g/mol. The summed E-state index contributed by atoms with van der Waals surface area (Å²) in [5.74, 6) is -0.0569. The molecule has 0 spiro atoms. The second kappa shape index (κ2) is 3.98. The SMILES string of the molecule is N#CCSc1cc(N)cc(F)c1. The normalized spacial score (nSPS) is 9.33. The average Bonchev–Trinajstić information content (AvgIpc) is 1.99. The Labute approximate surface area is 74.2 Å². The smallest absolute Gasteiger partial charge is 0.126 e. The zero-order valence-corrected chi connectivity index (χ0v) is 7.07. The zero-order chi connectivity index (χ0) is 8.97. The van der Waals surface area contributed by atoms with Crippen molar-refractivity contribution in [2.75, 3.05) is 11.5 Å². The van der Waals surface area contributed by atoms with Gasteiger partial charge in [0.2, 0.25) is 0 Å². The van der Waals surface area contributed by atoms with Crippen LogP contribution in [0.1, 0.15) is 0 Å². The van der Waals surface area contributed by atoms with Crippen molar-refractivity contribution >= 4 is 17.4 Å². The highest BCUT2D eigenvalue weighted by molar-refractivity contribution is 7.99. The van der Waals surface area contributed by atoms with Gasteiger partial charge >= 0.3 is 0 Å². The van der Waals surface area contributed by atoms with Gasteiger partial charge in [0.1, 0.15) is 5.82 Å². The van der Waals surface area contributed by atoms with E-state index in [4.69, 9.17) is 11.0 Å². The first-order valence-electron chi connectivity index (χ1n) is 3.28. The van der Waals surface area contributed by atoms with E-state index < -0.39 is 0 Å². The van der Waals surface area contributed by atoms with Gasteiger partial charge in [-0.1, -0.05) is 0 Å². The number of nitrogens with two attached hydrogens (primary N) is 1. The number of halogens is 1. The Balaban J connectivity index is 2.80. The molecule has 0 aliphatic carbocycles. The van der Waals surface area contributed by atoms with E-state index in [1.165, 1.54) is 23.9 Å². The van der Waals surface area contributed by atoms with Gasteiger partial charge in [-0.25, -0.2) is 4.39 Å². The number of hydrogen-bond acceptors (Lipinski definition) is 3. The Morgan fingerprint density at radius 3 is 2.83 bits per heavy atom. The van der Waals surface area contributed by atoms with E-state index in [0.29, 0.717) is 16.3 Å². The first-order chi connectivity index (χ1) is 5.72. The number of thioether (sulfide) groups is 1. The summed E-state index contributed by atoms with van der Waals surface area (Å²) in [5, 5.41) is 8.27. The lowest BCUT2D eigenvalue weighted by Gasteiger charge is -1.98. The second-order valence-corrected chi connectivity index (χ2v) is 3.22. The summed E-state index contributed by atoms with van der Waals surface area (Å²) < 4.78 is 12.7. The summed E-state index contributed by atoms with van der Waals surface area (Å²) in [6.45, 7) is 0. The number of rotatable bonds is 2. The Morgan fingerprint density at radius 2 is 2.25 bits per heavy atom. The molecule has 0 saturated heterocycles. The molecule has 2 N–H and O–H groups in total. The van der Waals surface area contributed by atoms with E-state index in [1.807, 2.05) is 6.07 Å². The van der Waals surface area contributed by atoms with E-state index >= 15 is 0 Å². The Morgan fingerprint density at radius 1 is 1.50 bits per heavy atom. The first kappa shape index (κ1) is 8.88. The molecule has 12 heavy (non-hydrogen) atoms. The standard InChI is InChI=1S/C8H7FN2S/c9-6-3-7(11)5-8(4-6)12-2-1-10/h3-5H,2,11H2. The van der Waals surface area contributed by atoms with E-state index in [2.05, 4.69) is 0 Å². The largest absolute Gasteiger partial charge is 0.399 e. The molecule has 4 heteroatoms. The van der Waals surface area contributed by atoms with E-state index in [-0.39, 0.29) is 5.82 Å². The Hall–Kier alpha value is -1.21. The maximum absolute atomic E-state index is 12.7. The molecule has 62 valence electrons. The maximum atomic E-state index is 12.7. The molecule has 0 radical (unpaired) electrons. The van der Waals surface area contributed by atoms with Gasteiger partial charge in [0.15, 0.2) is 0 Å². The number of nitriles is 1. The highest BCUT2D eigenvalue weighted by Gasteiger charge is 1.98. The van der Waals surface area contributed by atoms with Gasteiger partial charge in [0, 0.05) is 10.6 Å². The lowest BCUT2D eigenvalue weighted by atomic mass is 10.3. The van der Waals surface area contributed by atoms with Crippen LogP contribution < -0.4 is 5.73 Å². The number of nitrogens with zero attached hydrogens (tertiary/aromatic N) is 1. The van der Waals surface area contributed by atoms with Gasteiger partial charge in [-0.05, 0) is 18.2 Å². The number of benzene rings is 1. The van der Waals surface area contributed by atoms with Crippen molar-refractivity contribution in [3.05, 3.63) is 24.0 Å². The van der Waals surface area contributed by atoms with Gasteiger partial charge in [0.05, 0.1) is 11.8 Å². The lowest BCUT2D eigenvalue weighted by Crippen LogP contribution is -1.87. The molecule has 1 aromatic rings. The van der Waals surface area contributed by atoms with Crippen LogP contribution in [0.4, 0.5) is 10.1 Å². The van der Waals surface area contributed by atoms with E-state index in [0.717, 1.165) is 0 Å². The molecule has 0 saturated carbocycles. The summed E-state index contributed by atoms with van der Waals surface area (Å²) in [6, 6.07) is 6.20. The van der Waals surface area contributed by atoms with Crippen LogP contribution >= 0.6 is 11.8 Å². The van der Waals surface area contributed by atoms with Gasteiger partial charge in [0.25, 0.3) is 0 Å². The van der Waals surface area contributed by atoms with Crippen LogP contribution in [0.5, 0.6) is 0 Å². The monoisotopic (exact) mass is 182 g/mol. The topological polar surface area (TPSA) is 49.8 Å². The van der Waals surface area contributed by atoms with Crippen molar-refractivity contribution in [2.45, 2.75) is 4.90 Å². The fraction of sp³-hybridized carbons (Fsp3) is 0.125. The summed E-state index contributed by atoms with van der Waals surface area (Å²) in [6.07, 6.45) is 0. The maximum Gasteiger partial charge on any atom is 0.126 e. The number of hydrogen-bond donors (Lipinski definition) is 1. The molecule has 0 unspecified atom stereocenters. The first-order valence-corrected chi connectivity index (χ1v) is 4.27. The van der Waals surface area contributed by atoms with Crippen molar-refractivity contribution < 1.29 is 4.39 Å². The number of anilines is 1. The molecule has 0 heterocycles. The van der Waals surface area contributed by atoms with Crippen LogP contribution in [-0.4, -0.2) is 5.75 Å². The minimum absolute atomic E-state index is 0.308. The number of nitrogen functional groups attached to an aromatic ring is 1. The second-order valence-electron chi connectivity index (χ2n) is 2.17. The molecule has 0 amide bonds. The summed E-state index contributed by atoms with van der Waals surface area (Å²) in [5.41, 5.74) is 5.78. The third kappa shape index (κ3) is 2.44. The molecule has 0 aromatic heterocycles. The summed E-state index contributed by atoms with van der Waals surface area (Å²) in [7, 11) is 0. The van der Waals surface area contributed by atoms with E-state index in [1.54, 1.807) is 6.07 Å². The predicted molar refractivity (Wildman–Crippen MR) is 47.1 cm³/mol. The highest BCUT2D eigenvalue weighted by Crippen LogP contribution is 2.21. The van der Waals surface area contributed by atoms with Crippen LogP contribution in [0, 0.1) is 17.1 Å². The Bertz CT molecular complexity index is 299. The van der Waals surface area contributed by atoms with Gasteiger partial charge < -0.3 is 5.73 Å². The molecular formula is C8H7FN2S. The molecule has 1 rings (SSSR count). The molecule has 0 aliphatic rings. The fourth-order valence-electron chi connectivity index (χ4n) is 0.783. The van der Waals surface area contributed by atoms with Crippen LogP contribution in [-0.2, 0) is 0 Å². The van der Waals surface area contributed by atoms with Crippen molar-refractivity contribution in [1.29, 1.82) is 5.26 Å². The predicted octanol–water partition coefficient (Wildman–Crippen LogP) is 2.02. The molecule has 2 nitrogen and oxygen atoms in total. The minimum Gasteiger partial charge on any atom is -0.399 e.